The lowest BCUT2D eigenvalue weighted by Crippen LogP contribution is -2.24. The normalized spacial score (nSPS) is 13.8. The molecule has 0 aliphatic heterocycles. The van der Waals surface area contributed by atoms with Crippen LogP contribution in [0.3, 0.4) is 0 Å². The predicted molar refractivity (Wildman–Crippen MR) is 93.1 cm³/mol. The van der Waals surface area contributed by atoms with Crippen LogP contribution in [0.2, 0.25) is 5.02 Å². The van der Waals surface area contributed by atoms with Crippen LogP contribution in [-0.4, -0.2) is 12.2 Å². The Morgan fingerprint density at radius 3 is 2.48 bits per heavy atom. The summed E-state index contributed by atoms with van der Waals surface area (Å²) in [5, 5.41) is 11.3. The van der Waals surface area contributed by atoms with Crippen LogP contribution in [0.4, 0.5) is 0 Å². The lowest BCUT2D eigenvalue weighted by molar-refractivity contribution is 0.0577. The molecule has 0 spiro atoms. The van der Waals surface area contributed by atoms with Crippen molar-refractivity contribution in [2.45, 2.75) is 18.9 Å². The molecular weight excluding hydrogens is 419 g/mol. The van der Waals surface area contributed by atoms with Crippen molar-refractivity contribution < 1.29 is 9.84 Å². The van der Waals surface area contributed by atoms with E-state index in [2.05, 4.69) is 31.9 Å². The molecule has 112 valence electrons. The maximum atomic E-state index is 10.8. The van der Waals surface area contributed by atoms with E-state index in [1.165, 1.54) is 0 Å². The molecule has 2 aromatic rings. The van der Waals surface area contributed by atoms with Crippen molar-refractivity contribution in [1.29, 1.82) is 0 Å². The first-order valence-corrected chi connectivity index (χ1v) is 8.30. The minimum Gasteiger partial charge on any atom is -0.496 e. The number of hydrogen-bond acceptors (Lipinski definition) is 2. The summed E-state index contributed by atoms with van der Waals surface area (Å²) in [5.74, 6) is 0.764. The fraction of sp³-hybridized carbons (Fsp3) is 0.250. The van der Waals surface area contributed by atoms with Crippen molar-refractivity contribution >= 4 is 43.5 Å². The molecule has 0 fully saturated rings. The van der Waals surface area contributed by atoms with Crippen molar-refractivity contribution in [2.75, 3.05) is 7.11 Å². The summed E-state index contributed by atoms with van der Waals surface area (Å²) in [5.41, 5.74) is 0.650. The van der Waals surface area contributed by atoms with E-state index in [1.807, 2.05) is 30.3 Å². The zero-order chi connectivity index (χ0) is 15.6. The summed E-state index contributed by atoms with van der Waals surface area (Å²) >= 11 is 13.1. The number of aliphatic hydroxyl groups is 1. The molecule has 5 heteroatoms. The first kappa shape index (κ1) is 16.8. The molecule has 21 heavy (non-hydrogen) atoms. The van der Waals surface area contributed by atoms with E-state index in [4.69, 9.17) is 16.3 Å². The monoisotopic (exact) mass is 432 g/mol. The van der Waals surface area contributed by atoms with E-state index in [1.54, 1.807) is 20.1 Å². The van der Waals surface area contributed by atoms with Crippen LogP contribution in [0.1, 0.15) is 18.1 Å². The van der Waals surface area contributed by atoms with Gasteiger partial charge < -0.3 is 9.84 Å². The van der Waals surface area contributed by atoms with Gasteiger partial charge in [0.15, 0.2) is 0 Å². The highest BCUT2D eigenvalue weighted by Crippen LogP contribution is 2.34. The van der Waals surface area contributed by atoms with E-state index in [-0.39, 0.29) is 0 Å². The molecule has 0 aliphatic rings. The second-order valence-electron chi connectivity index (χ2n) is 5.04. The number of rotatable bonds is 4. The van der Waals surface area contributed by atoms with Gasteiger partial charge in [-0.05, 0) is 52.7 Å². The summed E-state index contributed by atoms with van der Waals surface area (Å²) in [7, 11) is 1.62. The minimum atomic E-state index is -1.05. The van der Waals surface area contributed by atoms with Gasteiger partial charge in [0.2, 0.25) is 0 Å². The van der Waals surface area contributed by atoms with Crippen LogP contribution in [0.25, 0.3) is 0 Å². The standard InChI is InChI=1S/C16H15Br2ClO2/c1-16(20,12-5-4-11(17)8-14(12)19)9-10-3-6-15(21-2)13(18)7-10/h3-8,20H,9H2,1-2H3. The Kier molecular flexibility index (Phi) is 5.36. The lowest BCUT2D eigenvalue weighted by atomic mass is 9.89. The van der Waals surface area contributed by atoms with Crippen LogP contribution >= 0.6 is 43.5 Å². The second kappa shape index (κ2) is 6.69. The molecule has 0 aromatic heterocycles. The summed E-state index contributed by atoms with van der Waals surface area (Å²) in [6, 6.07) is 11.3. The average molecular weight is 435 g/mol. The van der Waals surface area contributed by atoms with Crippen LogP contribution in [0.5, 0.6) is 5.75 Å². The van der Waals surface area contributed by atoms with Crippen molar-refractivity contribution in [1.82, 2.24) is 0 Å². The summed E-state index contributed by atoms with van der Waals surface area (Å²) < 4.78 is 6.96. The van der Waals surface area contributed by atoms with Gasteiger partial charge in [-0.25, -0.2) is 0 Å². The fourth-order valence-electron chi connectivity index (χ4n) is 2.24. The minimum absolute atomic E-state index is 0.455. The third-order valence-electron chi connectivity index (χ3n) is 3.28. The molecule has 0 radical (unpaired) electrons. The van der Waals surface area contributed by atoms with E-state index in [0.29, 0.717) is 17.0 Å². The molecule has 2 nitrogen and oxygen atoms in total. The van der Waals surface area contributed by atoms with Crippen LogP contribution in [0.15, 0.2) is 45.3 Å². The SMILES string of the molecule is COc1ccc(CC(C)(O)c2ccc(Br)cc2Cl)cc1Br. The molecule has 1 atom stereocenters. The highest BCUT2D eigenvalue weighted by Gasteiger charge is 2.26. The van der Waals surface area contributed by atoms with Crippen LogP contribution < -0.4 is 4.74 Å². The Balaban J connectivity index is 2.30. The van der Waals surface area contributed by atoms with Gasteiger partial charge in [-0.1, -0.05) is 39.7 Å². The Morgan fingerprint density at radius 1 is 1.19 bits per heavy atom. The van der Waals surface area contributed by atoms with Gasteiger partial charge in [0.05, 0.1) is 17.2 Å². The molecule has 0 bridgehead atoms. The molecule has 1 unspecified atom stereocenters. The highest BCUT2D eigenvalue weighted by molar-refractivity contribution is 9.10. The number of halogens is 3. The second-order valence-corrected chi connectivity index (χ2v) is 7.22. The van der Waals surface area contributed by atoms with E-state index >= 15 is 0 Å². The number of benzene rings is 2. The van der Waals surface area contributed by atoms with Gasteiger partial charge in [-0.3, -0.25) is 0 Å². The van der Waals surface area contributed by atoms with Gasteiger partial charge in [0, 0.05) is 21.5 Å². The Morgan fingerprint density at radius 2 is 1.90 bits per heavy atom. The number of methoxy groups -OCH3 is 1. The number of hydrogen-bond donors (Lipinski definition) is 1. The number of ether oxygens (including phenoxy) is 1. The summed E-state index contributed by atoms with van der Waals surface area (Å²) in [6.45, 7) is 1.76. The molecule has 0 saturated heterocycles. The molecule has 0 aliphatic carbocycles. The van der Waals surface area contributed by atoms with E-state index in [9.17, 15) is 5.11 Å². The Labute approximate surface area is 146 Å². The zero-order valence-electron chi connectivity index (χ0n) is 11.7. The zero-order valence-corrected chi connectivity index (χ0v) is 15.6. The molecule has 0 amide bonds. The average Bonchev–Trinajstić information content (AvgIpc) is 2.37. The molecule has 0 heterocycles. The summed E-state index contributed by atoms with van der Waals surface area (Å²) in [6.07, 6.45) is 0.455. The third kappa shape index (κ3) is 4.01. The van der Waals surface area contributed by atoms with Gasteiger partial charge >= 0.3 is 0 Å². The maximum absolute atomic E-state index is 10.8. The maximum Gasteiger partial charge on any atom is 0.133 e. The summed E-state index contributed by atoms with van der Waals surface area (Å²) in [4.78, 5) is 0. The van der Waals surface area contributed by atoms with Crippen molar-refractivity contribution in [3.8, 4) is 5.75 Å². The first-order chi connectivity index (χ1) is 9.83. The van der Waals surface area contributed by atoms with Gasteiger partial charge in [-0.2, -0.15) is 0 Å². The lowest BCUT2D eigenvalue weighted by Gasteiger charge is -2.25. The third-order valence-corrected chi connectivity index (χ3v) is 4.70. The Hall–Kier alpha value is -0.550. The molecule has 2 aromatic carbocycles. The molecule has 0 saturated carbocycles. The topological polar surface area (TPSA) is 29.5 Å². The van der Waals surface area contributed by atoms with Crippen molar-refractivity contribution in [3.05, 3.63) is 61.5 Å². The van der Waals surface area contributed by atoms with Gasteiger partial charge in [0.1, 0.15) is 5.75 Å². The van der Waals surface area contributed by atoms with E-state index < -0.39 is 5.60 Å². The van der Waals surface area contributed by atoms with Crippen LogP contribution in [-0.2, 0) is 12.0 Å². The highest BCUT2D eigenvalue weighted by atomic mass is 79.9. The van der Waals surface area contributed by atoms with E-state index in [0.717, 1.165) is 20.3 Å². The molecular formula is C16H15Br2ClO2. The van der Waals surface area contributed by atoms with Crippen molar-refractivity contribution in [2.24, 2.45) is 0 Å². The largest absolute Gasteiger partial charge is 0.496 e. The van der Waals surface area contributed by atoms with Gasteiger partial charge in [-0.15, -0.1) is 0 Å². The fourth-order valence-corrected chi connectivity index (χ4v) is 3.70. The molecule has 1 N–H and O–H groups in total. The first-order valence-electron chi connectivity index (χ1n) is 6.34. The van der Waals surface area contributed by atoms with Gasteiger partial charge in [0.25, 0.3) is 0 Å². The smallest absolute Gasteiger partial charge is 0.133 e. The predicted octanol–water partition coefficient (Wildman–Crippen LogP) is 5.32. The molecule has 2 rings (SSSR count). The quantitative estimate of drug-likeness (QED) is 0.705. The Bertz CT molecular complexity index is 657. The van der Waals surface area contributed by atoms with Crippen molar-refractivity contribution in [3.63, 3.8) is 0 Å². The van der Waals surface area contributed by atoms with Crippen LogP contribution in [0, 0.1) is 0 Å².